The Hall–Kier alpha value is -2.38. The number of aryl methyl sites for hydroxylation is 2. The summed E-state index contributed by atoms with van der Waals surface area (Å²) in [5.41, 5.74) is 1.72. The van der Waals surface area contributed by atoms with E-state index < -0.39 is 6.03 Å². The highest BCUT2D eigenvalue weighted by molar-refractivity contribution is 6.04. The molecular weight excluding hydrogens is 300 g/mol. The second-order valence-corrected chi connectivity index (χ2v) is 6.10. The van der Waals surface area contributed by atoms with Gasteiger partial charge in [0, 0.05) is 19.2 Å². The maximum absolute atomic E-state index is 12.6. The number of hydrogen-bond acceptors (Lipinski definition) is 5. The molecule has 2 saturated heterocycles. The maximum atomic E-state index is 12.6. The smallest absolute Gasteiger partial charge is 0.327 e. The van der Waals surface area contributed by atoms with Crippen molar-refractivity contribution < 1.29 is 18.9 Å². The minimum absolute atomic E-state index is 0.0272. The van der Waals surface area contributed by atoms with Crippen molar-refractivity contribution in [2.45, 2.75) is 32.7 Å². The van der Waals surface area contributed by atoms with Gasteiger partial charge in [0.05, 0.1) is 11.7 Å². The largest absolute Gasteiger partial charge is 0.361 e. The van der Waals surface area contributed by atoms with Gasteiger partial charge in [0.2, 0.25) is 5.91 Å². The van der Waals surface area contributed by atoms with Crippen LogP contribution < -0.4 is 0 Å². The lowest BCUT2D eigenvalue weighted by Crippen LogP contribution is -2.43. The molecule has 4 amide bonds. The van der Waals surface area contributed by atoms with E-state index in [2.05, 4.69) is 5.16 Å². The SMILES string of the molecule is Cc1noc(C)c1C1CCCN1C(=O)CN1C(=O)CN(C)C1=O. The number of likely N-dealkylation sites (N-methyl/N-ethyl adjacent to an activating group) is 1. The molecule has 0 N–H and O–H groups in total. The third-order valence-corrected chi connectivity index (χ3v) is 4.52. The molecule has 0 bridgehead atoms. The van der Waals surface area contributed by atoms with E-state index in [0.717, 1.165) is 29.0 Å². The zero-order valence-corrected chi connectivity index (χ0v) is 13.5. The summed E-state index contributed by atoms with van der Waals surface area (Å²) in [6.45, 7) is 4.12. The monoisotopic (exact) mass is 320 g/mol. The Labute approximate surface area is 134 Å². The summed E-state index contributed by atoms with van der Waals surface area (Å²) in [6.07, 6.45) is 1.71. The number of rotatable bonds is 3. The summed E-state index contributed by atoms with van der Waals surface area (Å²) in [6, 6.07) is -0.518. The summed E-state index contributed by atoms with van der Waals surface area (Å²) in [7, 11) is 1.55. The van der Waals surface area contributed by atoms with Crippen LogP contribution in [0.2, 0.25) is 0 Å². The average molecular weight is 320 g/mol. The maximum Gasteiger partial charge on any atom is 0.327 e. The van der Waals surface area contributed by atoms with Gasteiger partial charge in [-0.3, -0.25) is 14.5 Å². The van der Waals surface area contributed by atoms with Crippen LogP contribution in [-0.4, -0.2) is 64.4 Å². The molecule has 2 aliphatic heterocycles. The predicted molar refractivity (Wildman–Crippen MR) is 79.4 cm³/mol. The van der Waals surface area contributed by atoms with E-state index in [1.54, 1.807) is 11.9 Å². The van der Waals surface area contributed by atoms with Crippen LogP contribution in [0.4, 0.5) is 4.79 Å². The van der Waals surface area contributed by atoms with Gasteiger partial charge in [0.25, 0.3) is 5.91 Å². The van der Waals surface area contributed by atoms with E-state index in [4.69, 9.17) is 4.52 Å². The number of likely N-dealkylation sites (tertiary alicyclic amines) is 1. The van der Waals surface area contributed by atoms with Crippen molar-refractivity contribution in [2.75, 3.05) is 26.7 Å². The Balaban J connectivity index is 1.77. The highest BCUT2D eigenvalue weighted by Crippen LogP contribution is 2.35. The van der Waals surface area contributed by atoms with Crippen molar-refractivity contribution in [3.63, 3.8) is 0 Å². The van der Waals surface area contributed by atoms with Crippen molar-refractivity contribution in [3.05, 3.63) is 17.0 Å². The molecule has 2 aliphatic rings. The molecule has 23 heavy (non-hydrogen) atoms. The highest BCUT2D eigenvalue weighted by Gasteiger charge is 2.39. The van der Waals surface area contributed by atoms with Gasteiger partial charge in [0.1, 0.15) is 18.8 Å². The number of urea groups is 1. The molecule has 1 unspecified atom stereocenters. The van der Waals surface area contributed by atoms with Gasteiger partial charge in [-0.25, -0.2) is 4.79 Å². The Morgan fingerprint density at radius 2 is 2.09 bits per heavy atom. The van der Waals surface area contributed by atoms with Crippen molar-refractivity contribution in [3.8, 4) is 0 Å². The molecule has 2 fully saturated rings. The number of nitrogens with zero attached hydrogens (tertiary/aromatic N) is 4. The van der Waals surface area contributed by atoms with Gasteiger partial charge in [-0.15, -0.1) is 0 Å². The second-order valence-electron chi connectivity index (χ2n) is 6.10. The molecule has 0 aromatic carbocycles. The molecule has 1 aromatic rings. The second kappa shape index (κ2) is 5.68. The van der Waals surface area contributed by atoms with E-state index in [9.17, 15) is 14.4 Å². The van der Waals surface area contributed by atoms with Crippen LogP contribution in [0.1, 0.15) is 35.9 Å². The third kappa shape index (κ3) is 2.58. The normalized spacial score (nSPS) is 21.7. The van der Waals surface area contributed by atoms with E-state index >= 15 is 0 Å². The number of imide groups is 1. The van der Waals surface area contributed by atoms with E-state index in [-0.39, 0.29) is 30.9 Å². The van der Waals surface area contributed by atoms with Gasteiger partial charge >= 0.3 is 6.03 Å². The summed E-state index contributed by atoms with van der Waals surface area (Å²) in [5, 5.41) is 3.95. The topological polar surface area (TPSA) is 87.0 Å². The van der Waals surface area contributed by atoms with Gasteiger partial charge in [0.15, 0.2) is 0 Å². The molecule has 8 heteroatoms. The van der Waals surface area contributed by atoms with E-state index in [1.807, 2.05) is 13.8 Å². The molecule has 0 saturated carbocycles. The molecule has 8 nitrogen and oxygen atoms in total. The molecule has 3 heterocycles. The van der Waals surface area contributed by atoms with Gasteiger partial charge in [-0.2, -0.15) is 0 Å². The van der Waals surface area contributed by atoms with Crippen LogP contribution >= 0.6 is 0 Å². The van der Waals surface area contributed by atoms with Crippen LogP contribution in [0, 0.1) is 13.8 Å². The number of hydrogen-bond donors (Lipinski definition) is 0. The quantitative estimate of drug-likeness (QED) is 0.771. The summed E-state index contributed by atoms with van der Waals surface area (Å²) in [4.78, 5) is 40.4. The number of carbonyl (C=O) groups excluding carboxylic acids is 3. The minimum Gasteiger partial charge on any atom is -0.361 e. The summed E-state index contributed by atoms with van der Waals surface area (Å²) in [5.74, 6) is 0.156. The standard InChI is InChI=1S/C15H20N4O4/c1-9-14(10(2)23-16-9)11-5-4-6-18(11)13(21)8-19-12(20)7-17(3)15(19)22/h11H,4-8H2,1-3H3. The van der Waals surface area contributed by atoms with E-state index in [0.29, 0.717) is 12.3 Å². The number of carbonyl (C=O) groups is 3. The Bertz CT molecular complexity index is 649. The lowest BCUT2D eigenvalue weighted by molar-refractivity contribution is -0.137. The molecular formula is C15H20N4O4. The van der Waals surface area contributed by atoms with Crippen LogP contribution in [0.3, 0.4) is 0 Å². The minimum atomic E-state index is -0.420. The first kappa shape index (κ1) is 15.5. The predicted octanol–water partition coefficient (Wildman–Crippen LogP) is 0.849. The first-order chi connectivity index (χ1) is 10.9. The van der Waals surface area contributed by atoms with Crippen LogP contribution in [0.5, 0.6) is 0 Å². The molecule has 0 radical (unpaired) electrons. The third-order valence-electron chi connectivity index (χ3n) is 4.52. The van der Waals surface area contributed by atoms with Crippen LogP contribution in [0.15, 0.2) is 4.52 Å². The lowest BCUT2D eigenvalue weighted by Gasteiger charge is -2.26. The summed E-state index contributed by atoms with van der Waals surface area (Å²) < 4.78 is 5.20. The van der Waals surface area contributed by atoms with Crippen molar-refractivity contribution >= 4 is 17.8 Å². The van der Waals surface area contributed by atoms with E-state index in [1.165, 1.54) is 4.90 Å². The number of aromatic nitrogens is 1. The fourth-order valence-corrected chi connectivity index (χ4v) is 3.38. The first-order valence-corrected chi connectivity index (χ1v) is 7.68. The fourth-order valence-electron chi connectivity index (χ4n) is 3.38. The van der Waals surface area contributed by atoms with Gasteiger partial charge < -0.3 is 14.3 Å². The number of amides is 4. The summed E-state index contributed by atoms with van der Waals surface area (Å²) >= 11 is 0. The molecule has 124 valence electrons. The average Bonchev–Trinajstić information content (AvgIpc) is 3.15. The zero-order chi connectivity index (χ0) is 16.7. The Morgan fingerprint density at radius 1 is 1.35 bits per heavy atom. The fraction of sp³-hybridized carbons (Fsp3) is 0.600. The van der Waals surface area contributed by atoms with Crippen LogP contribution in [-0.2, 0) is 9.59 Å². The van der Waals surface area contributed by atoms with Crippen molar-refractivity contribution in [1.29, 1.82) is 0 Å². The highest BCUT2D eigenvalue weighted by atomic mass is 16.5. The van der Waals surface area contributed by atoms with Crippen LogP contribution in [0.25, 0.3) is 0 Å². The van der Waals surface area contributed by atoms with Crippen molar-refractivity contribution in [2.24, 2.45) is 0 Å². The Morgan fingerprint density at radius 3 is 2.65 bits per heavy atom. The molecule has 1 atom stereocenters. The zero-order valence-electron chi connectivity index (χ0n) is 13.5. The molecule has 1 aromatic heterocycles. The lowest BCUT2D eigenvalue weighted by atomic mass is 10.0. The van der Waals surface area contributed by atoms with Crippen molar-refractivity contribution in [1.82, 2.24) is 19.9 Å². The Kier molecular flexibility index (Phi) is 3.83. The van der Waals surface area contributed by atoms with Gasteiger partial charge in [-0.05, 0) is 26.7 Å². The molecule has 3 rings (SSSR count). The first-order valence-electron chi connectivity index (χ1n) is 7.68. The molecule has 0 spiro atoms. The molecule has 0 aliphatic carbocycles. The van der Waals surface area contributed by atoms with Gasteiger partial charge in [-0.1, -0.05) is 5.16 Å².